The van der Waals surface area contributed by atoms with Crippen LogP contribution in [0.1, 0.15) is 120 Å². The quantitative estimate of drug-likeness (QED) is 0.284. The van der Waals surface area contributed by atoms with E-state index in [0.29, 0.717) is 33.0 Å². The highest BCUT2D eigenvalue weighted by Crippen LogP contribution is 2.75. The molecule has 0 saturated heterocycles. The Morgan fingerprint density at radius 3 is 2.15 bits per heavy atom. The molecule has 2 heteroatoms. The third-order valence-electron chi connectivity index (χ3n) is 13.3. The summed E-state index contributed by atoms with van der Waals surface area (Å²) in [5.74, 6) is 2.91. The van der Waals surface area contributed by atoms with E-state index in [2.05, 4.69) is 67.5 Å². The minimum Gasteiger partial charge on any atom is -0.462 e. The molecule has 2 nitrogen and oxygen atoms in total. The molecule has 0 aliphatic heterocycles. The fourth-order valence-corrected chi connectivity index (χ4v) is 11.1. The van der Waals surface area contributed by atoms with Crippen LogP contribution in [0.2, 0.25) is 0 Å². The molecule has 0 aromatic rings. The van der Waals surface area contributed by atoms with Crippen molar-refractivity contribution >= 4 is 5.97 Å². The van der Waals surface area contributed by atoms with Gasteiger partial charge in [-0.15, -0.1) is 0 Å². The molecule has 192 valence electrons. The summed E-state index contributed by atoms with van der Waals surface area (Å²) in [5, 5.41) is 0. The lowest BCUT2D eigenvalue weighted by atomic mass is 9.32. The van der Waals surface area contributed by atoms with Gasteiger partial charge in [0.15, 0.2) is 0 Å². The molecule has 0 amide bonds. The summed E-state index contributed by atoms with van der Waals surface area (Å²) in [6.07, 6.45) is 17.2. The van der Waals surface area contributed by atoms with Gasteiger partial charge >= 0.3 is 5.97 Å². The van der Waals surface area contributed by atoms with Crippen LogP contribution < -0.4 is 0 Å². The Kier molecular flexibility index (Phi) is 5.40. The van der Waals surface area contributed by atoms with Crippen molar-refractivity contribution in [2.45, 2.75) is 126 Å². The zero-order valence-electron chi connectivity index (χ0n) is 23.7. The van der Waals surface area contributed by atoms with Crippen molar-refractivity contribution in [3.8, 4) is 0 Å². The maximum atomic E-state index is 11.9. The van der Waals surface area contributed by atoms with Crippen LogP contribution in [0.4, 0.5) is 0 Å². The van der Waals surface area contributed by atoms with E-state index in [4.69, 9.17) is 4.74 Å². The molecular weight excluding hydrogens is 416 g/mol. The average Bonchev–Trinajstić information content (AvgIpc) is 2.72. The Balaban J connectivity index is 1.51. The fourth-order valence-electron chi connectivity index (χ4n) is 11.1. The topological polar surface area (TPSA) is 26.3 Å². The number of esters is 1. The number of rotatable bonds is 1. The van der Waals surface area contributed by atoms with Gasteiger partial charge < -0.3 is 4.74 Å². The lowest BCUT2D eigenvalue weighted by molar-refractivity contribution is -0.231. The standard InChI is InChI=1S/C32H52O2/c1-21(33)34-26-13-14-30(7)24(28(26,4)5)12-15-32(9)25(30)11-10-22-23-20-27(2,3)16-17-29(23,6)18-19-31(22,32)8/h18-19,22-26H,10-17,20H2,1-9H3/t22?,23?,24?,25?,26-,29+,30-,31+,32+/m0/s1. The van der Waals surface area contributed by atoms with Crippen molar-refractivity contribution in [2.75, 3.05) is 0 Å². The molecular formula is C32H52O2. The first kappa shape index (κ1) is 24.9. The van der Waals surface area contributed by atoms with E-state index >= 15 is 0 Å². The molecule has 0 N–H and O–H groups in total. The molecule has 5 aliphatic rings. The predicted molar refractivity (Wildman–Crippen MR) is 140 cm³/mol. The molecule has 0 aromatic carbocycles. The summed E-state index contributed by atoms with van der Waals surface area (Å²) in [4.78, 5) is 11.9. The number of ether oxygens (including phenoxy) is 1. The van der Waals surface area contributed by atoms with Crippen LogP contribution in [0.15, 0.2) is 12.2 Å². The second-order valence-corrected chi connectivity index (χ2v) is 15.8. The molecule has 5 rings (SSSR count). The first-order valence-electron chi connectivity index (χ1n) is 14.5. The van der Waals surface area contributed by atoms with Crippen LogP contribution in [-0.2, 0) is 9.53 Å². The average molecular weight is 469 g/mol. The SMILES string of the molecule is CC(=O)O[C@H]1CC[C@@]2(C)C(CC[C@]3(C)C2CCC2C4CC(C)(C)CC[C@]4(C)C=C[C@]23C)C1(C)C. The minimum atomic E-state index is -0.110. The van der Waals surface area contributed by atoms with Gasteiger partial charge in [-0.05, 0) is 109 Å². The van der Waals surface area contributed by atoms with Gasteiger partial charge in [0.05, 0.1) is 0 Å². The van der Waals surface area contributed by atoms with E-state index in [1.165, 1.54) is 51.4 Å². The van der Waals surface area contributed by atoms with Gasteiger partial charge in [-0.3, -0.25) is 4.79 Å². The summed E-state index contributed by atoms with van der Waals surface area (Å²) in [5.41, 5.74) is 1.90. The second-order valence-electron chi connectivity index (χ2n) is 15.8. The van der Waals surface area contributed by atoms with Gasteiger partial charge in [-0.2, -0.15) is 0 Å². The highest BCUT2D eigenvalue weighted by molar-refractivity contribution is 5.66. The molecule has 4 unspecified atom stereocenters. The highest BCUT2D eigenvalue weighted by Gasteiger charge is 2.69. The molecule has 0 heterocycles. The van der Waals surface area contributed by atoms with Crippen LogP contribution in [0.3, 0.4) is 0 Å². The Labute approximate surface area is 210 Å². The molecule has 0 bridgehead atoms. The Bertz CT molecular complexity index is 883. The van der Waals surface area contributed by atoms with Crippen molar-refractivity contribution in [3.63, 3.8) is 0 Å². The number of fused-ring (bicyclic) bond motifs is 7. The molecule has 34 heavy (non-hydrogen) atoms. The normalized spacial score (nSPS) is 53.0. The van der Waals surface area contributed by atoms with Crippen LogP contribution >= 0.6 is 0 Å². The van der Waals surface area contributed by atoms with Crippen LogP contribution in [0.25, 0.3) is 0 Å². The maximum absolute atomic E-state index is 11.9. The van der Waals surface area contributed by atoms with E-state index < -0.39 is 0 Å². The largest absolute Gasteiger partial charge is 0.462 e. The monoisotopic (exact) mass is 468 g/mol. The molecule has 0 aromatic heterocycles. The molecule has 9 atom stereocenters. The van der Waals surface area contributed by atoms with E-state index in [1.807, 2.05) is 0 Å². The lowest BCUT2D eigenvalue weighted by Gasteiger charge is -2.72. The minimum absolute atomic E-state index is 0.0477. The summed E-state index contributed by atoms with van der Waals surface area (Å²) in [6, 6.07) is 0. The molecule has 0 spiro atoms. The van der Waals surface area contributed by atoms with E-state index in [1.54, 1.807) is 6.92 Å². The molecule has 5 aliphatic carbocycles. The lowest BCUT2D eigenvalue weighted by Crippen LogP contribution is -2.66. The van der Waals surface area contributed by atoms with Crippen molar-refractivity contribution < 1.29 is 9.53 Å². The number of hydrogen-bond acceptors (Lipinski definition) is 2. The van der Waals surface area contributed by atoms with E-state index in [-0.39, 0.29) is 17.5 Å². The number of carbonyl (C=O) groups excluding carboxylic acids is 1. The summed E-state index contributed by atoms with van der Waals surface area (Å²) >= 11 is 0. The van der Waals surface area contributed by atoms with Crippen molar-refractivity contribution in [3.05, 3.63) is 12.2 Å². The number of allylic oxidation sites excluding steroid dienone is 2. The molecule has 4 saturated carbocycles. The predicted octanol–water partition coefficient (Wildman–Crippen LogP) is 8.60. The van der Waals surface area contributed by atoms with Crippen LogP contribution in [0.5, 0.6) is 0 Å². The first-order valence-corrected chi connectivity index (χ1v) is 14.5. The second kappa shape index (κ2) is 7.38. The molecule has 4 fully saturated rings. The first-order chi connectivity index (χ1) is 15.6. The van der Waals surface area contributed by atoms with Crippen molar-refractivity contribution in [1.29, 1.82) is 0 Å². The van der Waals surface area contributed by atoms with Crippen LogP contribution in [-0.4, -0.2) is 12.1 Å². The Morgan fingerprint density at radius 1 is 0.765 bits per heavy atom. The van der Waals surface area contributed by atoms with Gasteiger partial charge in [-0.25, -0.2) is 0 Å². The zero-order chi connectivity index (χ0) is 24.9. The third kappa shape index (κ3) is 3.21. The van der Waals surface area contributed by atoms with Crippen molar-refractivity contribution in [2.24, 2.45) is 56.2 Å². The fraction of sp³-hybridized carbons (Fsp3) is 0.906. The summed E-state index contributed by atoms with van der Waals surface area (Å²) < 4.78 is 5.91. The third-order valence-corrected chi connectivity index (χ3v) is 13.3. The van der Waals surface area contributed by atoms with E-state index in [9.17, 15) is 4.79 Å². The number of carbonyl (C=O) groups is 1. The molecule has 0 radical (unpaired) electrons. The Hall–Kier alpha value is -0.790. The van der Waals surface area contributed by atoms with Crippen LogP contribution in [0, 0.1) is 56.2 Å². The van der Waals surface area contributed by atoms with Gasteiger partial charge in [0.25, 0.3) is 0 Å². The summed E-state index contributed by atoms with van der Waals surface area (Å²) in [6.45, 7) is 22.0. The number of hydrogen-bond donors (Lipinski definition) is 0. The maximum Gasteiger partial charge on any atom is 0.302 e. The van der Waals surface area contributed by atoms with Gasteiger partial charge in [0.1, 0.15) is 6.10 Å². The Morgan fingerprint density at radius 2 is 1.47 bits per heavy atom. The highest BCUT2D eigenvalue weighted by atomic mass is 16.5. The van der Waals surface area contributed by atoms with Gasteiger partial charge in [0.2, 0.25) is 0 Å². The zero-order valence-corrected chi connectivity index (χ0v) is 23.7. The summed E-state index contributed by atoms with van der Waals surface area (Å²) in [7, 11) is 0. The van der Waals surface area contributed by atoms with E-state index in [0.717, 1.165) is 24.2 Å². The van der Waals surface area contributed by atoms with Crippen molar-refractivity contribution in [1.82, 2.24) is 0 Å². The van der Waals surface area contributed by atoms with Gasteiger partial charge in [-0.1, -0.05) is 67.5 Å². The van der Waals surface area contributed by atoms with Gasteiger partial charge in [0, 0.05) is 12.3 Å². The smallest absolute Gasteiger partial charge is 0.302 e.